The number of H-pyrrole nitrogens is 2. The normalized spacial score (nSPS) is 11.8. The fourth-order valence-corrected chi connectivity index (χ4v) is 2.45. The third kappa shape index (κ3) is 3.04. The van der Waals surface area contributed by atoms with E-state index >= 15 is 0 Å². The van der Waals surface area contributed by atoms with Gasteiger partial charge in [-0.2, -0.15) is 5.10 Å². The molecule has 0 radical (unpaired) electrons. The molecule has 26 heavy (non-hydrogen) atoms. The molecule has 9 nitrogen and oxygen atoms in total. The predicted octanol–water partition coefficient (Wildman–Crippen LogP) is 3.86. The van der Waals surface area contributed by atoms with E-state index in [0.29, 0.717) is 22.8 Å². The van der Waals surface area contributed by atoms with Gasteiger partial charge in [0, 0.05) is 18.1 Å². The first kappa shape index (κ1) is 17.3. The van der Waals surface area contributed by atoms with Crippen LogP contribution in [0.1, 0.15) is 32.2 Å². The molecular formula is C17H18N8O. The van der Waals surface area contributed by atoms with Crippen LogP contribution in [0.5, 0.6) is 0 Å². The van der Waals surface area contributed by atoms with E-state index in [1.165, 1.54) is 4.68 Å². The van der Waals surface area contributed by atoms with Gasteiger partial charge in [0.25, 0.3) is 11.2 Å². The summed E-state index contributed by atoms with van der Waals surface area (Å²) in [5.41, 5.74) is 1.74. The quantitative estimate of drug-likeness (QED) is 0.553. The van der Waals surface area contributed by atoms with E-state index in [9.17, 15) is 4.79 Å². The Hall–Kier alpha value is -3.54. The lowest BCUT2D eigenvalue weighted by Gasteiger charge is -2.16. The Bertz CT molecular complexity index is 1060. The number of nitrogens with one attached hydrogen (secondary N) is 2. The van der Waals surface area contributed by atoms with Gasteiger partial charge in [-0.25, -0.2) is 9.53 Å². The van der Waals surface area contributed by atoms with Gasteiger partial charge in [0.05, 0.1) is 18.0 Å². The summed E-state index contributed by atoms with van der Waals surface area (Å²) in [6.45, 7) is 15.0. The summed E-state index contributed by atoms with van der Waals surface area (Å²) in [5.74, 6) is 0.167. The zero-order valence-corrected chi connectivity index (χ0v) is 14.9. The van der Waals surface area contributed by atoms with E-state index < -0.39 is 0 Å². The lowest BCUT2D eigenvalue weighted by Crippen LogP contribution is -2.13. The van der Waals surface area contributed by atoms with Gasteiger partial charge in [0.2, 0.25) is 5.82 Å². The summed E-state index contributed by atoms with van der Waals surface area (Å²) in [7, 11) is 0. The summed E-state index contributed by atoms with van der Waals surface area (Å²) in [5, 5.41) is 17.9. The molecule has 0 saturated carbocycles. The summed E-state index contributed by atoms with van der Waals surface area (Å²) in [4.78, 5) is 20.0. The minimum Gasteiger partial charge on any atom is -0.293 e. The van der Waals surface area contributed by atoms with Crippen LogP contribution >= 0.6 is 0 Å². The molecule has 0 aromatic carbocycles. The van der Waals surface area contributed by atoms with Crippen molar-refractivity contribution in [3.63, 3.8) is 0 Å². The molecule has 2 N–H and O–H groups in total. The highest BCUT2D eigenvalue weighted by atomic mass is 16.1. The Labute approximate surface area is 149 Å². The highest BCUT2D eigenvalue weighted by molar-refractivity contribution is 5.66. The summed E-state index contributed by atoms with van der Waals surface area (Å²) in [6.07, 6.45) is 3.19. The monoisotopic (exact) mass is 350 g/mol. The summed E-state index contributed by atoms with van der Waals surface area (Å²) < 4.78 is 1.37. The molecule has 0 aliphatic rings. The van der Waals surface area contributed by atoms with Crippen molar-refractivity contribution in [3.8, 4) is 5.69 Å². The second-order valence-corrected chi connectivity index (χ2v) is 6.76. The number of rotatable bonds is 3. The molecule has 132 valence electrons. The molecule has 0 atom stereocenters. The van der Waals surface area contributed by atoms with Gasteiger partial charge in [-0.3, -0.25) is 20.0 Å². The SMILES string of the molecule is [C-]#[N+]c1c(N=Nc2c(C)[nH]n(-c3ccncc3)c2=O)n[nH]c1C(C)(C)C. The van der Waals surface area contributed by atoms with Gasteiger partial charge < -0.3 is 0 Å². The van der Waals surface area contributed by atoms with Gasteiger partial charge in [-0.05, 0) is 24.5 Å². The van der Waals surface area contributed by atoms with Crippen molar-refractivity contribution in [2.24, 2.45) is 10.2 Å². The molecule has 3 rings (SSSR count). The van der Waals surface area contributed by atoms with Gasteiger partial charge in [-0.1, -0.05) is 20.8 Å². The average Bonchev–Trinajstić information content (AvgIpc) is 3.14. The number of hydrogen-bond donors (Lipinski definition) is 2. The number of pyridine rings is 1. The van der Waals surface area contributed by atoms with Crippen LogP contribution < -0.4 is 5.56 Å². The molecule has 0 unspecified atom stereocenters. The van der Waals surface area contributed by atoms with Gasteiger partial charge in [0.1, 0.15) is 0 Å². The minimum atomic E-state index is -0.339. The molecule has 3 aromatic rings. The first-order chi connectivity index (χ1) is 12.3. The molecule has 0 aliphatic carbocycles. The maximum Gasteiger partial charge on any atom is 0.299 e. The maximum atomic E-state index is 12.6. The number of aromatic nitrogens is 5. The van der Waals surface area contributed by atoms with Crippen LogP contribution in [0.2, 0.25) is 0 Å². The van der Waals surface area contributed by atoms with E-state index in [4.69, 9.17) is 6.57 Å². The zero-order chi connectivity index (χ0) is 18.9. The van der Waals surface area contributed by atoms with E-state index in [2.05, 4.69) is 35.4 Å². The van der Waals surface area contributed by atoms with E-state index in [0.717, 1.165) is 0 Å². The molecule has 0 aliphatic heterocycles. The molecule has 0 amide bonds. The van der Waals surface area contributed by atoms with Crippen LogP contribution in [0.15, 0.2) is 39.5 Å². The Morgan fingerprint density at radius 3 is 2.54 bits per heavy atom. The number of hydrogen-bond acceptors (Lipinski definition) is 5. The van der Waals surface area contributed by atoms with Crippen LogP contribution in [-0.2, 0) is 5.41 Å². The highest BCUT2D eigenvalue weighted by Gasteiger charge is 2.24. The van der Waals surface area contributed by atoms with Crippen LogP contribution in [0, 0.1) is 13.5 Å². The molecule has 0 fully saturated rings. The van der Waals surface area contributed by atoms with Gasteiger partial charge >= 0.3 is 0 Å². The fraction of sp³-hybridized carbons (Fsp3) is 0.294. The van der Waals surface area contributed by atoms with E-state index in [1.54, 1.807) is 31.5 Å². The second-order valence-electron chi connectivity index (χ2n) is 6.76. The first-order valence-corrected chi connectivity index (χ1v) is 7.93. The molecule has 3 heterocycles. The maximum absolute atomic E-state index is 12.6. The van der Waals surface area contributed by atoms with Gasteiger partial charge in [0.15, 0.2) is 5.69 Å². The first-order valence-electron chi connectivity index (χ1n) is 7.93. The van der Waals surface area contributed by atoms with Crippen molar-refractivity contribution >= 4 is 17.2 Å². The molecular weight excluding hydrogens is 332 g/mol. The van der Waals surface area contributed by atoms with E-state index in [-0.39, 0.29) is 22.5 Å². The topological polar surface area (TPSA) is 108 Å². The fourth-order valence-electron chi connectivity index (χ4n) is 2.45. The average molecular weight is 350 g/mol. The van der Waals surface area contributed by atoms with Crippen molar-refractivity contribution in [2.45, 2.75) is 33.1 Å². The Kier molecular flexibility index (Phi) is 4.26. The van der Waals surface area contributed by atoms with Crippen LogP contribution in [0.3, 0.4) is 0 Å². The van der Waals surface area contributed by atoms with Crippen molar-refractivity contribution in [2.75, 3.05) is 0 Å². The third-order valence-corrected chi connectivity index (χ3v) is 3.79. The Balaban J connectivity index is 2.01. The zero-order valence-electron chi connectivity index (χ0n) is 14.9. The lowest BCUT2D eigenvalue weighted by molar-refractivity contribution is 0.569. The number of aryl methyl sites for hydroxylation is 1. The third-order valence-electron chi connectivity index (χ3n) is 3.79. The molecule has 9 heteroatoms. The predicted molar refractivity (Wildman–Crippen MR) is 96.6 cm³/mol. The van der Waals surface area contributed by atoms with Crippen molar-refractivity contribution < 1.29 is 0 Å². The second kappa shape index (κ2) is 6.40. The standard InChI is InChI=1S/C17H18N8O/c1-10-12(16(26)25(24-10)11-6-8-19-9-7-11)20-22-15-13(18-5)14(21-23-15)17(2,3)4/h6-9,24H,1-4H3,(H,21,23). The molecule has 3 aromatic heterocycles. The van der Waals surface area contributed by atoms with Gasteiger partial charge in [-0.15, -0.1) is 10.2 Å². The largest absolute Gasteiger partial charge is 0.299 e. The smallest absolute Gasteiger partial charge is 0.293 e. The molecule has 0 spiro atoms. The highest BCUT2D eigenvalue weighted by Crippen LogP contribution is 2.37. The van der Waals surface area contributed by atoms with Crippen LogP contribution in [0.25, 0.3) is 10.5 Å². The van der Waals surface area contributed by atoms with Crippen LogP contribution in [0.4, 0.5) is 17.2 Å². The molecule has 0 bridgehead atoms. The number of nitrogens with zero attached hydrogens (tertiary/aromatic N) is 6. The lowest BCUT2D eigenvalue weighted by atomic mass is 9.91. The summed E-state index contributed by atoms with van der Waals surface area (Å²) in [6, 6.07) is 3.41. The van der Waals surface area contributed by atoms with E-state index in [1.807, 2.05) is 20.8 Å². The number of azo groups is 1. The molecule has 0 saturated heterocycles. The number of aromatic amines is 2. The van der Waals surface area contributed by atoms with Crippen molar-refractivity contribution in [1.29, 1.82) is 0 Å². The Morgan fingerprint density at radius 2 is 1.92 bits per heavy atom. The van der Waals surface area contributed by atoms with Crippen molar-refractivity contribution in [3.05, 3.63) is 57.7 Å². The summed E-state index contributed by atoms with van der Waals surface area (Å²) >= 11 is 0. The van der Waals surface area contributed by atoms with Crippen molar-refractivity contribution in [1.82, 2.24) is 25.0 Å². The minimum absolute atomic E-state index is 0.165. The Morgan fingerprint density at radius 1 is 1.23 bits per heavy atom. The van der Waals surface area contributed by atoms with Crippen LogP contribution in [-0.4, -0.2) is 25.0 Å².